The molecule has 0 saturated carbocycles. The van der Waals surface area contributed by atoms with E-state index in [2.05, 4.69) is 17.2 Å². The van der Waals surface area contributed by atoms with Crippen molar-refractivity contribution < 1.29 is 14.3 Å². The molecule has 2 fully saturated rings. The average molecular weight is 349 g/mol. The summed E-state index contributed by atoms with van der Waals surface area (Å²) in [5, 5.41) is 3.34. The van der Waals surface area contributed by atoms with Crippen LogP contribution in [0.15, 0.2) is 12.4 Å². The molecule has 0 radical (unpaired) electrons. The van der Waals surface area contributed by atoms with Crippen LogP contribution in [0.5, 0.6) is 0 Å². The minimum atomic E-state index is -0.540. The zero-order valence-corrected chi connectivity index (χ0v) is 15.2. The fraction of sp³-hybridized carbons (Fsp3) is 0.706. The number of carbonyl (C=O) groups excluding carboxylic acids is 2. The fourth-order valence-corrected chi connectivity index (χ4v) is 4.07. The molecule has 8 nitrogen and oxygen atoms in total. The number of hydrogen-bond acceptors (Lipinski definition) is 5. The van der Waals surface area contributed by atoms with Gasteiger partial charge in [-0.3, -0.25) is 9.59 Å². The summed E-state index contributed by atoms with van der Waals surface area (Å²) < 4.78 is 7.00. The maximum absolute atomic E-state index is 13.3. The highest BCUT2D eigenvalue weighted by atomic mass is 16.5. The first-order chi connectivity index (χ1) is 12.0. The first-order valence-electron chi connectivity index (χ1n) is 8.75. The molecule has 0 aliphatic carbocycles. The van der Waals surface area contributed by atoms with E-state index in [1.807, 2.05) is 17.8 Å². The highest BCUT2D eigenvalue weighted by molar-refractivity contribution is 5.86. The van der Waals surface area contributed by atoms with E-state index in [-0.39, 0.29) is 24.3 Å². The summed E-state index contributed by atoms with van der Waals surface area (Å²) in [6.07, 6.45) is 3.68. The van der Waals surface area contributed by atoms with Gasteiger partial charge in [-0.25, -0.2) is 4.98 Å². The van der Waals surface area contributed by atoms with Gasteiger partial charge in [-0.15, -0.1) is 0 Å². The predicted molar refractivity (Wildman–Crippen MR) is 91.6 cm³/mol. The molecule has 1 aromatic heterocycles. The van der Waals surface area contributed by atoms with E-state index in [1.54, 1.807) is 16.0 Å². The Hall–Kier alpha value is -1.93. The number of carbonyl (C=O) groups is 2. The van der Waals surface area contributed by atoms with Crippen molar-refractivity contribution in [3.8, 4) is 0 Å². The summed E-state index contributed by atoms with van der Waals surface area (Å²) in [6.45, 7) is 5.86. The second-order valence-electron chi connectivity index (χ2n) is 6.98. The van der Waals surface area contributed by atoms with Gasteiger partial charge >= 0.3 is 0 Å². The zero-order chi connectivity index (χ0) is 18.0. The van der Waals surface area contributed by atoms with E-state index >= 15 is 0 Å². The normalized spacial score (nSPS) is 25.2. The summed E-state index contributed by atoms with van der Waals surface area (Å²) in [7, 11) is 3.33. The molecule has 8 heteroatoms. The second-order valence-corrected chi connectivity index (χ2v) is 6.98. The third-order valence-corrected chi connectivity index (χ3v) is 5.44. The van der Waals surface area contributed by atoms with Crippen LogP contribution >= 0.6 is 0 Å². The van der Waals surface area contributed by atoms with Crippen LogP contribution < -0.4 is 5.32 Å². The van der Waals surface area contributed by atoms with Gasteiger partial charge in [-0.1, -0.05) is 0 Å². The molecule has 138 valence electrons. The Labute approximate surface area is 148 Å². The van der Waals surface area contributed by atoms with Crippen LogP contribution in [0.3, 0.4) is 0 Å². The van der Waals surface area contributed by atoms with Gasteiger partial charge in [-0.2, -0.15) is 0 Å². The van der Waals surface area contributed by atoms with Crippen LogP contribution in [0.1, 0.15) is 12.7 Å². The molecule has 0 unspecified atom stereocenters. The van der Waals surface area contributed by atoms with Crippen LogP contribution in [0.4, 0.5) is 0 Å². The Morgan fingerprint density at radius 1 is 1.52 bits per heavy atom. The Bertz CT molecular complexity index is 646. The number of ether oxygens (including phenoxy) is 1. The van der Waals surface area contributed by atoms with Gasteiger partial charge < -0.3 is 24.4 Å². The lowest BCUT2D eigenvalue weighted by molar-refractivity contribution is -0.142. The number of imidazole rings is 1. The monoisotopic (exact) mass is 349 g/mol. The van der Waals surface area contributed by atoms with Crippen LogP contribution in [-0.2, 0) is 27.4 Å². The Balaban J connectivity index is 1.74. The predicted octanol–water partition coefficient (Wildman–Crippen LogP) is -0.444. The lowest BCUT2D eigenvalue weighted by Gasteiger charge is -2.31. The van der Waals surface area contributed by atoms with Gasteiger partial charge in [0.05, 0.1) is 12.0 Å². The van der Waals surface area contributed by atoms with E-state index in [0.717, 1.165) is 18.9 Å². The Morgan fingerprint density at radius 2 is 2.32 bits per heavy atom. The minimum absolute atomic E-state index is 0.0479. The highest BCUT2D eigenvalue weighted by Crippen LogP contribution is 2.40. The van der Waals surface area contributed by atoms with E-state index < -0.39 is 5.41 Å². The molecule has 25 heavy (non-hydrogen) atoms. The third-order valence-electron chi connectivity index (χ3n) is 5.44. The minimum Gasteiger partial charge on any atom is -0.375 e. The van der Waals surface area contributed by atoms with Crippen molar-refractivity contribution in [3.05, 3.63) is 18.2 Å². The summed E-state index contributed by atoms with van der Waals surface area (Å²) >= 11 is 0. The van der Waals surface area contributed by atoms with Gasteiger partial charge in [0.25, 0.3) is 0 Å². The summed E-state index contributed by atoms with van der Waals surface area (Å²) in [6, 6.07) is 0. The molecule has 3 heterocycles. The first-order valence-corrected chi connectivity index (χ1v) is 8.75. The third kappa shape index (κ3) is 3.16. The van der Waals surface area contributed by atoms with E-state index in [4.69, 9.17) is 4.74 Å². The van der Waals surface area contributed by atoms with Crippen LogP contribution in [0, 0.1) is 11.3 Å². The maximum atomic E-state index is 13.3. The fourth-order valence-electron chi connectivity index (χ4n) is 4.07. The molecule has 2 aliphatic rings. The number of methoxy groups -OCH3 is 1. The van der Waals surface area contributed by atoms with Crippen LogP contribution in [0.2, 0.25) is 0 Å². The maximum Gasteiger partial charge on any atom is 0.248 e. The van der Waals surface area contributed by atoms with Crippen molar-refractivity contribution in [1.82, 2.24) is 24.7 Å². The molecule has 0 aromatic carbocycles. The molecule has 3 rings (SSSR count). The number of rotatable bonds is 6. The smallest absolute Gasteiger partial charge is 0.248 e. The molecular formula is C17H27N5O3. The molecule has 2 aliphatic heterocycles. The number of aromatic nitrogens is 2. The Kier molecular flexibility index (Phi) is 5.10. The molecule has 2 atom stereocenters. The van der Waals surface area contributed by atoms with Gasteiger partial charge in [0.1, 0.15) is 12.4 Å². The zero-order valence-electron chi connectivity index (χ0n) is 15.2. The van der Waals surface area contributed by atoms with Crippen molar-refractivity contribution in [2.45, 2.75) is 20.0 Å². The number of aryl methyl sites for hydroxylation is 1. The first kappa shape index (κ1) is 17.9. The van der Waals surface area contributed by atoms with E-state index in [9.17, 15) is 9.59 Å². The average Bonchev–Trinajstić information content (AvgIpc) is 3.27. The number of likely N-dealkylation sites (tertiary alicyclic amines) is 1. The number of amides is 2. The SMILES string of the molecule is CCn1ccnc1CN(C)C(=O)[C@@]12CNC[C@@H]1CN(C(=O)COC)C2. The molecule has 1 aromatic rings. The van der Waals surface area contributed by atoms with E-state index in [1.165, 1.54) is 7.11 Å². The molecule has 0 bridgehead atoms. The van der Waals surface area contributed by atoms with Gasteiger partial charge in [0.15, 0.2) is 0 Å². The second kappa shape index (κ2) is 7.13. The van der Waals surface area contributed by atoms with Crippen molar-refractivity contribution >= 4 is 11.8 Å². The van der Waals surface area contributed by atoms with Gasteiger partial charge in [0.2, 0.25) is 11.8 Å². The van der Waals surface area contributed by atoms with Crippen molar-refractivity contribution in [2.24, 2.45) is 11.3 Å². The number of nitrogens with one attached hydrogen (secondary N) is 1. The largest absolute Gasteiger partial charge is 0.375 e. The van der Waals surface area contributed by atoms with E-state index in [0.29, 0.717) is 26.2 Å². The van der Waals surface area contributed by atoms with Crippen molar-refractivity contribution in [3.63, 3.8) is 0 Å². The Morgan fingerprint density at radius 3 is 3.04 bits per heavy atom. The number of nitrogens with zero attached hydrogens (tertiary/aromatic N) is 4. The lowest BCUT2D eigenvalue weighted by atomic mass is 9.79. The standard InChI is InChI=1S/C17H27N5O3/c1-4-21-6-5-19-14(21)9-20(2)16(24)17-11-18-7-13(17)8-22(12-17)15(23)10-25-3/h5-6,13,18H,4,7-12H2,1-3H3/t13-,17-/m1/s1. The van der Waals surface area contributed by atoms with Gasteiger partial charge in [-0.05, 0) is 6.92 Å². The summed E-state index contributed by atoms with van der Waals surface area (Å²) in [4.78, 5) is 33.4. The van der Waals surface area contributed by atoms with Crippen molar-refractivity contribution in [1.29, 1.82) is 0 Å². The quantitative estimate of drug-likeness (QED) is 0.753. The molecular weight excluding hydrogens is 322 g/mol. The number of hydrogen-bond donors (Lipinski definition) is 1. The molecule has 2 saturated heterocycles. The summed E-state index contributed by atoms with van der Waals surface area (Å²) in [5.74, 6) is 1.06. The lowest BCUT2D eigenvalue weighted by Crippen LogP contribution is -2.48. The topological polar surface area (TPSA) is 79.7 Å². The van der Waals surface area contributed by atoms with Crippen molar-refractivity contribution in [2.75, 3.05) is 46.9 Å². The molecule has 2 amide bonds. The summed E-state index contributed by atoms with van der Waals surface area (Å²) in [5.41, 5.74) is -0.540. The van der Waals surface area contributed by atoms with Crippen LogP contribution in [-0.4, -0.2) is 78.1 Å². The molecule has 1 N–H and O–H groups in total. The number of fused-ring (bicyclic) bond motifs is 1. The van der Waals surface area contributed by atoms with Gasteiger partial charge in [0, 0.05) is 65.2 Å². The van der Waals surface area contributed by atoms with Crippen LogP contribution in [0.25, 0.3) is 0 Å². The highest BCUT2D eigenvalue weighted by Gasteiger charge is 2.56. The molecule has 0 spiro atoms.